The zero-order valence-electron chi connectivity index (χ0n) is 9.78. The summed E-state index contributed by atoms with van der Waals surface area (Å²) in [6.45, 7) is 5.32. The number of hydrogen-bond donors (Lipinski definition) is 2. The van der Waals surface area contributed by atoms with Gasteiger partial charge in [-0.25, -0.2) is 4.79 Å². The van der Waals surface area contributed by atoms with Crippen LogP contribution in [0, 0.1) is 5.41 Å². The highest BCUT2D eigenvalue weighted by atomic mass is 79.9. The van der Waals surface area contributed by atoms with E-state index in [0.717, 1.165) is 3.79 Å². The van der Waals surface area contributed by atoms with Gasteiger partial charge in [-0.3, -0.25) is 4.79 Å². The van der Waals surface area contributed by atoms with Gasteiger partial charge in [0.2, 0.25) is 0 Å². The minimum atomic E-state index is -1.03. The molecule has 17 heavy (non-hydrogen) atoms. The molecule has 0 fully saturated rings. The number of amides is 1. The topological polar surface area (TPSA) is 66.4 Å². The van der Waals surface area contributed by atoms with Gasteiger partial charge in [0.1, 0.15) is 6.04 Å². The molecule has 0 spiro atoms. The lowest BCUT2D eigenvalue weighted by molar-refractivity contribution is -0.142. The number of carbonyl (C=O) groups is 2. The highest BCUT2D eigenvalue weighted by molar-refractivity contribution is 9.11. The predicted molar refractivity (Wildman–Crippen MR) is 70.4 cm³/mol. The standard InChI is InChI=1S/C11H14BrNO3S/c1-11(2,3)8(10(15)16)13-9(14)6-4-5-7(12)17-6/h4-5,8H,1-3H3,(H,13,14)(H,15,16)/t8-/m0/s1. The van der Waals surface area contributed by atoms with Crippen LogP contribution >= 0.6 is 27.3 Å². The lowest BCUT2D eigenvalue weighted by Gasteiger charge is -2.27. The molecule has 1 atom stereocenters. The van der Waals surface area contributed by atoms with Crippen molar-refractivity contribution in [3.8, 4) is 0 Å². The molecule has 0 aromatic carbocycles. The predicted octanol–water partition coefficient (Wildman–Crippen LogP) is 2.74. The van der Waals surface area contributed by atoms with Gasteiger partial charge in [-0.05, 0) is 33.5 Å². The van der Waals surface area contributed by atoms with E-state index in [4.69, 9.17) is 5.11 Å². The van der Waals surface area contributed by atoms with E-state index < -0.39 is 17.4 Å². The highest BCUT2D eigenvalue weighted by Gasteiger charge is 2.32. The zero-order chi connectivity index (χ0) is 13.2. The van der Waals surface area contributed by atoms with Crippen LogP contribution in [0.25, 0.3) is 0 Å². The maximum absolute atomic E-state index is 11.8. The number of carboxylic acids is 1. The molecule has 0 aliphatic heterocycles. The average Bonchev–Trinajstić information content (AvgIpc) is 2.58. The maximum Gasteiger partial charge on any atom is 0.326 e. The highest BCUT2D eigenvalue weighted by Crippen LogP contribution is 2.24. The van der Waals surface area contributed by atoms with Crippen molar-refractivity contribution in [1.82, 2.24) is 5.32 Å². The van der Waals surface area contributed by atoms with Crippen molar-refractivity contribution in [2.75, 3.05) is 0 Å². The zero-order valence-corrected chi connectivity index (χ0v) is 12.2. The quantitative estimate of drug-likeness (QED) is 0.900. The van der Waals surface area contributed by atoms with E-state index in [0.29, 0.717) is 4.88 Å². The van der Waals surface area contributed by atoms with Gasteiger partial charge in [0, 0.05) is 0 Å². The van der Waals surface area contributed by atoms with Crippen molar-refractivity contribution in [2.45, 2.75) is 26.8 Å². The first kappa shape index (κ1) is 14.2. The Bertz CT molecular complexity index is 436. The summed E-state index contributed by atoms with van der Waals surface area (Å²) in [5.74, 6) is -1.38. The monoisotopic (exact) mass is 319 g/mol. The van der Waals surface area contributed by atoms with E-state index in [1.165, 1.54) is 11.3 Å². The largest absolute Gasteiger partial charge is 0.480 e. The summed E-state index contributed by atoms with van der Waals surface area (Å²) in [5.41, 5.74) is -0.532. The number of thiophene rings is 1. The van der Waals surface area contributed by atoms with Gasteiger partial charge >= 0.3 is 5.97 Å². The van der Waals surface area contributed by atoms with Crippen LogP contribution in [-0.4, -0.2) is 23.0 Å². The summed E-state index contributed by atoms with van der Waals surface area (Å²) in [4.78, 5) is 23.4. The minimum Gasteiger partial charge on any atom is -0.480 e. The molecule has 0 aliphatic rings. The first-order chi connectivity index (χ1) is 7.71. The van der Waals surface area contributed by atoms with Crippen LogP contribution in [0.3, 0.4) is 0 Å². The van der Waals surface area contributed by atoms with E-state index in [9.17, 15) is 9.59 Å². The Balaban J connectivity index is 2.82. The molecule has 1 heterocycles. The van der Waals surface area contributed by atoms with E-state index in [2.05, 4.69) is 21.2 Å². The Morgan fingerprint density at radius 3 is 2.35 bits per heavy atom. The van der Waals surface area contributed by atoms with Crippen molar-refractivity contribution in [1.29, 1.82) is 0 Å². The van der Waals surface area contributed by atoms with Gasteiger partial charge in [-0.2, -0.15) is 0 Å². The second kappa shape index (κ2) is 5.18. The molecule has 1 rings (SSSR count). The average molecular weight is 320 g/mol. The van der Waals surface area contributed by atoms with Crippen LogP contribution in [0.4, 0.5) is 0 Å². The third-order valence-corrected chi connectivity index (χ3v) is 3.81. The smallest absolute Gasteiger partial charge is 0.326 e. The van der Waals surface area contributed by atoms with Crippen molar-refractivity contribution in [3.63, 3.8) is 0 Å². The Hall–Kier alpha value is -0.880. The van der Waals surface area contributed by atoms with Crippen LogP contribution in [0.1, 0.15) is 30.4 Å². The Morgan fingerprint density at radius 2 is 2.00 bits per heavy atom. The molecule has 2 N–H and O–H groups in total. The Kier molecular flexibility index (Phi) is 4.32. The number of carbonyl (C=O) groups excluding carboxylic acids is 1. The molecule has 6 heteroatoms. The third kappa shape index (κ3) is 3.81. The molecule has 0 bridgehead atoms. The van der Waals surface area contributed by atoms with Crippen LogP contribution in [-0.2, 0) is 4.79 Å². The van der Waals surface area contributed by atoms with Crippen molar-refractivity contribution < 1.29 is 14.7 Å². The molecule has 0 aliphatic carbocycles. The number of rotatable bonds is 3. The molecule has 1 aromatic rings. The van der Waals surface area contributed by atoms with Gasteiger partial charge in [-0.15, -0.1) is 11.3 Å². The maximum atomic E-state index is 11.8. The molecule has 0 unspecified atom stereocenters. The summed E-state index contributed by atoms with van der Waals surface area (Å²) in [5, 5.41) is 11.6. The second-order valence-corrected chi connectivity index (χ2v) is 7.18. The molecule has 94 valence electrons. The number of carboxylic acid groups (broad SMARTS) is 1. The summed E-state index contributed by atoms with van der Waals surface area (Å²) in [6.07, 6.45) is 0. The molecule has 0 radical (unpaired) electrons. The number of nitrogens with one attached hydrogen (secondary N) is 1. The second-order valence-electron chi connectivity index (χ2n) is 4.71. The molecule has 4 nitrogen and oxygen atoms in total. The Labute approximate surface area is 112 Å². The van der Waals surface area contributed by atoms with Crippen LogP contribution in [0.2, 0.25) is 0 Å². The van der Waals surface area contributed by atoms with Crippen molar-refractivity contribution >= 4 is 39.1 Å². The fraction of sp³-hybridized carbons (Fsp3) is 0.455. The van der Waals surface area contributed by atoms with Crippen molar-refractivity contribution in [2.24, 2.45) is 5.41 Å². The van der Waals surface area contributed by atoms with Crippen LogP contribution in [0.15, 0.2) is 15.9 Å². The molecule has 0 saturated carbocycles. The van der Waals surface area contributed by atoms with E-state index >= 15 is 0 Å². The molecule has 1 amide bonds. The number of aliphatic carboxylic acids is 1. The SMILES string of the molecule is CC(C)(C)[C@@H](NC(=O)c1ccc(Br)s1)C(=O)O. The Morgan fingerprint density at radius 1 is 1.41 bits per heavy atom. The number of hydrogen-bond acceptors (Lipinski definition) is 3. The summed E-state index contributed by atoms with van der Waals surface area (Å²) >= 11 is 4.53. The minimum absolute atomic E-state index is 0.358. The fourth-order valence-electron chi connectivity index (χ4n) is 1.29. The molecule has 1 aromatic heterocycles. The third-order valence-electron chi connectivity index (χ3n) is 2.19. The first-order valence-electron chi connectivity index (χ1n) is 5.01. The lowest BCUT2D eigenvalue weighted by atomic mass is 9.87. The van der Waals surface area contributed by atoms with E-state index in [-0.39, 0.29) is 5.91 Å². The van der Waals surface area contributed by atoms with Gasteiger partial charge < -0.3 is 10.4 Å². The van der Waals surface area contributed by atoms with Gasteiger partial charge in [0.25, 0.3) is 5.91 Å². The molecular weight excluding hydrogens is 306 g/mol. The van der Waals surface area contributed by atoms with E-state index in [1.54, 1.807) is 32.9 Å². The molecule has 0 saturated heterocycles. The van der Waals surface area contributed by atoms with Crippen molar-refractivity contribution in [3.05, 3.63) is 20.8 Å². The summed E-state index contributed by atoms with van der Waals surface area (Å²) < 4.78 is 0.838. The van der Waals surface area contributed by atoms with Gasteiger partial charge in [0.05, 0.1) is 8.66 Å². The van der Waals surface area contributed by atoms with Crippen LogP contribution in [0.5, 0.6) is 0 Å². The summed E-state index contributed by atoms with van der Waals surface area (Å²) in [6, 6.07) is 2.51. The van der Waals surface area contributed by atoms with Gasteiger partial charge in [-0.1, -0.05) is 20.8 Å². The normalized spacial score (nSPS) is 13.2. The number of halogens is 1. The van der Waals surface area contributed by atoms with Gasteiger partial charge in [0.15, 0.2) is 0 Å². The first-order valence-corrected chi connectivity index (χ1v) is 6.62. The van der Waals surface area contributed by atoms with E-state index in [1.807, 2.05) is 0 Å². The fourth-order valence-corrected chi connectivity index (χ4v) is 2.58. The lowest BCUT2D eigenvalue weighted by Crippen LogP contribution is -2.48. The molecular formula is C11H14BrNO3S. The van der Waals surface area contributed by atoms with Crippen LogP contribution < -0.4 is 5.32 Å². The summed E-state index contributed by atoms with van der Waals surface area (Å²) in [7, 11) is 0.